The van der Waals surface area contributed by atoms with Crippen LogP contribution in [0.4, 0.5) is 17.5 Å². The Bertz CT molecular complexity index is 715. The molecular formula is C14H19ClN6O2. The molecule has 0 unspecified atom stereocenters. The van der Waals surface area contributed by atoms with Gasteiger partial charge in [-0.2, -0.15) is 0 Å². The average molecular weight is 339 g/mol. The lowest BCUT2D eigenvalue weighted by Crippen LogP contribution is -2.26. The number of carbonyl (C=O) groups excluding carboxylic acids is 1. The summed E-state index contributed by atoms with van der Waals surface area (Å²) in [6.45, 7) is 6.59. The molecular weight excluding hydrogens is 320 g/mol. The average Bonchev–Trinajstić information content (AvgIpc) is 2.85. The van der Waals surface area contributed by atoms with Gasteiger partial charge in [0.25, 0.3) is 5.91 Å². The maximum atomic E-state index is 12.2. The highest BCUT2D eigenvalue weighted by molar-refractivity contribution is 6.32. The first-order valence-corrected chi connectivity index (χ1v) is 7.44. The molecule has 2 rings (SSSR count). The first-order chi connectivity index (χ1) is 10.8. The number of aromatic nitrogens is 3. The number of nitrogens with zero attached hydrogens (tertiary/aromatic N) is 4. The van der Waals surface area contributed by atoms with E-state index in [0.29, 0.717) is 17.5 Å². The van der Waals surface area contributed by atoms with E-state index in [0.717, 1.165) is 6.54 Å². The number of aryl methyl sites for hydroxylation is 1. The first-order valence-electron chi connectivity index (χ1n) is 7.06. The number of anilines is 3. The van der Waals surface area contributed by atoms with E-state index in [1.807, 2.05) is 11.9 Å². The Hall–Kier alpha value is -2.35. The number of nitrogens with one attached hydrogen (secondary N) is 1. The van der Waals surface area contributed by atoms with E-state index in [4.69, 9.17) is 21.9 Å². The van der Waals surface area contributed by atoms with Crippen LogP contribution in [0.25, 0.3) is 0 Å². The van der Waals surface area contributed by atoms with Crippen LogP contribution >= 0.6 is 11.6 Å². The molecule has 2 heterocycles. The minimum absolute atomic E-state index is 0.00211. The zero-order chi connectivity index (χ0) is 17.1. The monoisotopic (exact) mass is 338 g/mol. The molecule has 0 saturated heterocycles. The molecule has 0 atom stereocenters. The Morgan fingerprint density at radius 1 is 1.48 bits per heavy atom. The van der Waals surface area contributed by atoms with Gasteiger partial charge in [-0.15, -0.1) is 0 Å². The third kappa shape index (κ3) is 4.10. The Morgan fingerprint density at radius 3 is 2.74 bits per heavy atom. The number of carbonyl (C=O) groups is 1. The second kappa shape index (κ2) is 6.82. The van der Waals surface area contributed by atoms with Crippen molar-refractivity contribution < 1.29 is 9.32 Å². The van der Waals surface area contributed by atoms with Crippen LogP contribution in [0, 0.1) is 12.8 Å². The highest BCUT2D eigenvalue weighted by Gasteiger charge is 2.20. The number of rotatable bonds is 5. The van der Waals surface area contributed by atoms with Gasteiger partial charge >= 0.3 is 0 Å². The second-order valence-corrected chi connectivity index (χ2v) is 5.98. The van der Waals surface area contributed by atoms with E-state index >= 15 is 0 Å². The zero-order valence-corrected chi connectivity index (χ0v) is 14.2. The van der Waals surface area contributed by atoms with Crippen LogP contribution in [0.3, 0.4) is 0 Å². The number of amides is 1. The Labute approximate surface area is 139 Å². The van der Waals surface area contributed by atoms with Crippen molar-refractivity contribution in [2.75, 3.05) is 29.5 Å². The normalized spacial score (nSPS) is 10.9. The molecule has 23 heavy (non-hydrogen) atoms. The van der Waals surface area contributed by atoms with Crippen molar-refractivity contribution in [2.24, 2.45) is 5.92 Å². The summed E-state index contributed by atoms with van der Waals surface area (Å²) in [5, 5.41) is 6.32. The third-order valence-electron chi connectivity index (χ3n) is 2.95. The van der Waals surface area contributed by atoms with Crippen molar-refractivity contribution in [3.8, 4) is 0 Å². The van der Waals surface area contributed by atoms with Crippen LogP contribution in [0.2, 0.25) is 5.15 Å². The number of hydrogen-bond donors (Lipinski definition) is 2. The molecule has 0 bridgehead atoms. The maximum absolute atomic E-state index is 12.2. The predicted octanol–water partition coefficient (Wildman–Crippen LogP) is 2.35. The summed E-state index contributed by atoms with van der Waals surface area (Å²) in [6.07, 6.45) is 0. The molecule has 0 radical (unpaired) electrons. The van der Waals surface area contributed by atoms with Crippen molar-refractivity contribution in [3.05, 3.63) is 22.7 Å². The van der Waals surface area contributed by atoms with Crippen LogP contribution in [0.1, 0.15) is 30.1 Å². The number of nitrogen functional groups attached to an aromatic ring is 1. The summed E-state index contributed by atoms with van der Waals surface area (Å²) >= 11 is 6.15. The number of nitrogens with two attached hydrogens (primary N) is 1. The SMILES string of the molecule is Cc1cc(NC(=O)c2nc(Cl)c(N(C)CC(C)C)nc2N)no1. The van der Waals surface area contributed by atoms with Crippen LogP contribution in [-0.4, -0.2) is 34.6 Å². The fourth-order valence-corrected chi connectivity index (χ4v) is 2.33. The fraction of sp³-hybridized carbons (Fsp3) is 0.429. The number of halogens is 1. The lowest BCUT2D eigenvalue weighted by molar-refractivity contribution is 0.102. The van der Waals surface area contributed by atoms with Gasteiger partial charge in [0.1, 0.15) is 5.76 Å². The Kier molecular flexibility index (Phi) is 5.05. The van der Waals surface area contributed by atoms with Crippen molar-refractivity contribution in [1.82, 2.24) is 15.1 Å². The molecule has 0 fully saturated rings. The molecule has 2 aromatic heterocycles. The van der Waals surface area contributed by atoms with Crippen molar-refractivity contribution >= 4 is 35.0 Å². The fourth-order valence-electron chi connectivity index (χ4n) is 2.06. The summed E-state index contributed by atoms with van der Waals surface area (Å²) in [5.41, 5.74) is 5.80. The van der Waals surface area contributed by atoms with E-state index in [-0.39, 0.29) is 22.5 Å². The second-order valence-electron chi connectivity index (χ2n) is 5.62. The summed E-state index contributed by atoms with van der Waals surface area (Å²) in [4.78, 5) is 22.3. The summed E-state index contributed by atoms with van der Waals surface area (Å²) in [6, 6.07) is 1.58. The molecule has 0 saturated carbocycles. The van der Waals surface area contributed by atoms with Gasteiger partial charge in [-0.25, -0.2) is 9.97 Å². The van der Waals surface area contributed by atoms with Crippen LogP contribution < -0.4 is 16.0 Å². The van der Waals surface area contributed by atoms with Crippen LogP contribution in [0.5, 0.6) is 0 Å². The maximum Gasteiger partial charge on any atom is 0.279 e. The summed E-state index contributed by atoms with van der Waals surface area (Å²) in [7, 11) is 1.84. The summed E-state index contributed by atoms with van der Waals surface area (Å²) in [5.74, 6) is 1.14. The first kappa shape index (κ1) is 17.0. The molecule has 2 aromatic rings. The minimum atomic E-state index is -0.553. The Balaban J connectivity index is 2.23. The van der Waals surface area contributed by atoms with Crippen molar-refractivity contribution in [2.45, 2.75) is 20.8 Å². The van der Waals surface area contributed by atoms with Gasteiger partial charge in [0.15, 0.2) is 28.3 Å². The van der Waals surface area contributed by atoms with Crippen molar-refractivity contribution in [3.63, 3.8) is 0 Å². The highest BCUT2D eigenvalue weighted by Crippen LogP contribution is 2.24. The molecule has 124 valence electrons. The van der Waals surface area contributed by atoms with E-state index in [2.05, 4.69) is 34.3 Å². The number of hydrogen-bond acceptors (Lipinski definition) is 7. The predicted molar refractivity (Wildman–Crippen MR) is 88.8 cm³/mol. The molecule has 0 aliphatic heterocycles. The van der Waals surface area contributed by atoms with Gasteiger partial charge in [0.05, 0.1) is 0 Å². The van der Waals surface area contributed by atoms with Gasteiger partial charge in [-0.3, -0.25) is 4.79 Å². The smallest absolute Gasteiger partial charge is 0.279 e. The van der Waals surface area contributed by atoms with E-state index in [1.165, 1.54) is 0 Å². The van der Waals surface area contributed by atoms with E-state index < -0.39 is 5.91 Å². The lowest BCUT2D eigenvalue weighted by atomic mass is 10.2. The zero-order valence-electron chi connectivity index (χ0n) is 13.4. The molecule has 0 spiro atoms. The topological polar surface area (TPSA) is 110 Å². The molecule has 8 nitrogen and oxygen atoms in total. The van der Waals surface area contributed by atoms with Gasteiger partial charge in [0, 0.05) is 19.7 Å². The van der Waals surface area contributed by atoms with Gasteiger partial charge in [0.2, 0.25) is 0 Å². The lowest BCUT2D eigenvalue weighted by Gasteiger charge is -2.21. The third-order valence-corrected chi connectivity index (χ3v) is 3.20. The molecule has 1 amide bonds. The van der Waals surface area contributed by atoms with Crippen LogP contribution in [0.15, 0.2) is 10.6 Å². The molecule has 0 aliphatic rings. The van der Waals surface area contributed by atoms with Gasteiger partial charge < -0.3 is 20.5 Å². The van der Waals surface area contributed by atoms with E-state index in [9.17, 15) is 4.79 Å². The van der Waals surface area contributed by atoms with Gasteiger partial charge in [-0.1, -0.05) is 30.6 Å². The quantitative estimate of drug-likeness (QED) is 0.860. The minimum Gasteiger partial charge on any atom is -0.382 e. The highest BCUT2D eigenvalue weighted by atomic mass is 35.5. The van der Waals surface area contributed by atoms with E-state index in [1.54, 1.807) is 13.0 Å². The molecule has 9 heteroatoms. The van der Waals surface area contributed by atoms with Crippen LogP contribution in [-0.2, 0) is 0 Å². The standard InChI is InChI=1S/C14H19ClN6O2/c1-7(2)6-21(4)13-11(15)18-10(12(16)19-13)14(22)17-9-5-8(3)23-20-9/h5,7H,6H2,1-4H3,(H2,16,19)(H,17,20,22). The molecule has 0 aromatic carbocycles. The Morgan fingerprint density at radius 2 is 2.17 bits per heavy atom. The molecule has 3 N–H and O–H groups in total. The molecule has 0 aliphatic carbocycles. The van der Waals surface area contributed by atoms with Gasteiger partial charge in [-0.05, 0) is 12.8 Å². The largest absolute Gasteiger partial charge is 0.382 e. The van der Waals surface area contributed by atoms with Crippen molar-refractivity contribution in [1.29, 1.82) is 0 Å². The summed E-state index contributed by atoms with van der Waals surface area (Å²) < 4.78 is 4.88.